The first kappa shape index (κ1) is 14.4. The lowest BCUT2D eigenvalue weighted by Crippen LogP contribution is -2.17. The molecule has 2 rings (SSSR count). The van der Waals surface area contributed by atoms with Gasteiger partial charge in [-0.2, -0.15) is 5.10 Å². The molecule has 0 spiro atoms. The van der Waals surface area contributed by atoms with Crippen molar-refractivity contribution in [3.63, 3.8) is 0 Å². The molecule has 0 atom stereocenters. The third kappa shape index (κ3) is 3.10. The molecular formula is C15H22N4O. The quantitative estimate of drug-likeness (QED) is 0.931. The van der Waals surface area contributed by atoms with Gasteiger partial charge in [-0.15, -0.1) is 0 Å². The van der Waals surface area contributed by atoms with E-state index in [1.807, 2.05) is 17.9 Å². The van der Waals surface area contributed by atoms with E-state index in [4.69, 9.17) is 0 Å². The van der Waals surface area contributed by atoms with Crippen LogP contribution in [-0.4, -0.2) is 14.3 Å². The first-order valence-electron chi connectivity index (χ1n) is 6.71. The molecule has 0 fully saturated rings. The summed E-state index contributed by atoms with van der Waals surface area (Å²) in [6.07, 6.45) is 3.84. The molecule has 0 aliphatic heterocycles. The topological polar surface area (TPSA) is 51.9 Å². The summed E-state index contributed by atoms with van der Waals surface area (Å²) in [4.78, 5) is 11.4. The predicted octanol–water partition coefficient (Wildman–Crippen LogP) is 2.03. The molecule has 5 nitrogen and oxygen atoms in total. The lowest BCUT2D eigenvalue weighted by Gasteiger charge is -2.18. The summed E-state index contributed by atoms with van der Waals surface area (Å²) >= 11 is 0. The van der Waals surface area contributed by atoms with Crippen LogP contribution in [0.15, 0.2) is 29.3 Å². The molecule has 5 heteroatoms. The van der Waals surface area contributed by atoms with Crippen molar-refractivity contribution < 1.29 is 0 Å². The molecule has 108 valence electrons. The Hall–Kier alpha value is -2.04. The molecule has 0 saturated carbocycles. The van der Waals surface area contributed by atoms with Gasteiger partial charge in [-0.25, -0.2) is 0 Å². The standard InChI is InChI=1S/C15H22N4O/c1-15(2,3)14-11(9-19(5)17-14)8-16-12-6-7-13(20)18(4)10-12/h6-7,9-10,16H,8H2,1-5H3. The number of hydrogen-bond acceptors (Lipinski definition) is 3. The minimum atomic E-state index is -0.00712. The average molecular weight is 274 g/mol. The SMILES string of the molecule is Cn1cc(CNc2ccc(=O)n(C)c2)c(C(C)(C)C)n1. The van der Waals surface area contributed by atoms with Gasteiger partial charge >= 0.3 is 0 Å². The van der Waals surface area contributed by atoms with E-state index in [0.717, 1.165) is 11.4 Å². The molecule has 0 radical (unpaired) electrons. The van der Waals surface area contributed by atoms with Crippen LogP contribution in [0.3, 0.4) is 0 Å². The van der Waals surface area contributed by atoms with E-state index in [9.17, 15) is 4.79 Å². The summed E-state index contributed by atoms with van der Waals surface area (Å²) in [5, 5.41) is 7.89. The molecular weight excluding hydrogens is 252 g/mol. The van der Waals surface area contributed by atoms with Crippen LogP contribution in [0, 0.1) is 0 Å². The van der Waals surface area contributed by atoms with Crippen LogP contribution in [0.1, 0.15) is 32.0 Å². The van der Waals surface area contributed by atoms with E-state index in [2.05, 4.69) is 31.2 Å². The van der Waals surface area contributed by atoms with Gasteiger partial charge in [0.2, 0.25) is 5.56 Å². The molecule has 0 saturated heterocycles. The van der Waals surface area contributed by atoms with Gasteiger partial charge < -0.3 is 9.88 Å². The fraction of sp³-hybridized carbons (Fsp3) is 0.467. The number of hydrogen-bond donors (Lipinski definition) is 1. The van der Waals surface area contributed by atoms with Gasteiger partial charge in [-0.1, -0.05) is 20.8 Å². The van der Waals surface area contributed by atoms with Crippen molar-refractivity contribution in [2.75, 3.05) is 5.32 Å². The summed E-state index contributed by atoms with van der Waals surface area (Å²) in [5.74, 6) is 0. The highest BCUT2D eigenvalue weighted by atomic mass is 16.1. The number of pyridine rings is 1. The number of anilines is 1. The zero-order valence-electron chi connectivity index (χ0n) is 12.8. The largest absolute Gasteiger partial charge is 0.380 e. The van der Waals surface area contributed by atoms with Gasteiger partial charge in [-0.3, -0.25) is 9.48 Å². The van der Waals surface area contributed by atoms with Gasteiger partial charge in [0.15, 0.2) is 0 Å². The second-order valence-electron chi connectivity index (χ2n) is 6.15. The van der Waals surface area contributed by atoms with Gasteiger partial charge in [0, 0.05) is 50.1 Å². The predicted molar refractivity (Wildman–Crippen MR) is 80.9 cm³/mol. The van der Waals surface area contributed by atoms with E-state index >= 15 is 0 Å². The van der Waals surface area contributed by atoms with Crippen LogP contribution >= 0.6 is 0 Å². The van der Waals surface area contributed by atoms with Gasteiger partial charge in [0.1, 0.15) is 0 Å². The first-order chi connectivity index (χ1) is 9.27. The minimum absolute atomic E-state index is 0.00712. The fourth-order valence-corrected chi connectivity index (χ4v) is 2.19. The van der Waals surface area contributed by atoms with Crippen molar-refractivity contribution in [3.8, 4) is 0 Å². The molecule has 1 N–H and O–H groups in total. The Morgan fingerprint density at radius 1 is 1.20 bits per heavy atom. The van der Waals surface area contributed by atoms with Crippen molar-refractivity contribution in [1.29, 1.82) is 0 Å². The minimum Gasteiger partial charge on any atom is -0.380 e. The summed E-state index contributed by atoms with van der Waals surface area (Å²) in [5.41, 5.74) is 3.20. The molecule has 0 aliphatic carbocycles. The Kier molecular flexibility index (Phi) is 3.70. The lowest BCUT2D eigenvalue weighted by molar-refractivity contribution is 0.549. The Morgan fingerprint density at radius 3 is 2.50 bits per heavy atom. The van der Waals surface area contributed by atoms with Crippen LogP contribution in [0.5, 0.6) is 0 Å². The zero-order valence-corrected chi connectivity index (χ0v) is 12.8. The third-order valence-electron chi connectivity index (χ3n) is 3.18. The Balaban J connectivity index is 2.19. The summed E-state index contributed by atoms with van der Waals surface area (Å²) in [6, 6.07) is 3.37. The average Bonchev–Trinajstić information content (AvgIpc) is 2.72. The highest BCUT2D eigenvalue weighted by molar-refractivity contribution is 5.41. The van der Waals surface area contributed by atoms with E-state index < -0.39 is 0 Å². The molecule has 0 aliphatic rings. The molecule has 0 aromatic carbocycles. The van der Waals surface area contributed by atoms with Gasteiger partial charge in [-0.05, 0) is 6.07 Å². The van der Waals surface area contributed by atoms with Crippen molar-refractivity contribution >= 4 is 5.69 Å². The number of rotatable bonds is 3. The Bertz CT molecular complexity index is 661. The maximum Gasteiger partial charge on any atom is 0.250 e. The smallest absolute Gasteiger partial charge is 0.250 e. The van der Waals surface area contributed by atoms with Crippen LogP contribution in [-0.2, 0) is 26.1 Å². The molecule has 0 amide bonds. The second-order valence-corrected chi connectivity index (χ2v) is 6.15. The monoisotopic (exact) mass is 274 g/mol. The molecule has 2 aromatic heterocycles. The molecule has 0 unspecified atom stereocenters. The molecule has 20 heavy (non-hydrogen) atoms. The maximum atomic E-state index is 11.4. The van der Waals surface area contributed by atoms with Crippen LogP contribution in [0.2, 0.25) is 0 Å². The highest BCUT2D eigenvalue weighted by Crippen LogP contribution is 2.24. The van der Waals surface area contributed by atoms with Crippen LogP contribution in [0.4, 0.5) is 5.69 Å². The van der Waals surface area contributed by atoms with Crippen LogP contribution < -0.4 is 10.9 Å². The van der Waals surface area contributed by atoms with Crippen molar-refractivity contribution in [1.82, 2.24) is 14.3 Å². The Labute approximate surface area is 119 Å². The molecule has 0 bridgehead atoms. The highest BCUT2D eigenvalue weighted by Gasteiger charge is 2.21. The zero-order chi connectivity index (χ0) is 14.9. The number of aromatic nitrogens is 3. The summed E-state index contributed by atoms with van der Waals surface area (Å²) in [7, 11) is 3.68. The van der Waals surface area contributed by atoms with Crippen molar-refractivity contribution in [3.05, 3.63) is 46.1 Å². The maximum absolute atomic E-state index is 11.4. The first-order valence-corrected chi connectivity index (χ1v) is 6.71. The molecule has 2 aromatic rings. The summed E-state index contributed by atoms with van der Waals surface area (Å²) in [6.45, 7) is 7.17. The summed E-state index contributed by atoms with van der Waals surface area (Å²) < 4.78 is 3.41. The van der Waals surface area contributed by atoms with E-state index in [1.54, 1.807) is 29.9 Å². The van der Waals surface area contributed by atoms with E-state index in [1.165, 1.54) is 5.56 Å². The van der Waals surface area contributed by atoms with E-state index in [0.29, 0.717) is 6.54 Å². The van der Waals surface area contributed by atoms with Crippen molar-refractivity contribution in [2.45, 2.75) is 32.7 Å². The number of aryl methyl sites for hydroxylation is 2. The number of nitrogens with one attached hydrogen (secondary N) is 1. The lowest BCUT2D eigenvalue weighted by atomic mass is 9.89. The molecule has 2 heterocycles. The van der Waals surface area contributed by atoms with Gasteiger partial charge in [0.05, 0.1) is 11.4 Å². The third-order valence-corrected chi connectivity index (χ3v) is 3.18. The van der Waals surface area contributed by atoms with Gasteiger partial charge in [0.25, 0.3) is 0 Å². The Morgan fingerprint density at radius 2 is 1.90 bits per heavy atom. The van der Waals surface area contributed by atoms with Crippen LogP contribution in [0.25, 0.3) is 0 Å². The number of nitrogens with zero attached hydrogens (tertiary/aromatic N) is 3. The fourth-order valence-electron chi connectivity index (χ4n) is 2.19. The second kappa shape index (κ2) is 5.15. The van der Waals surface area contributed by atoms with Crippen molar-refractivity contribution in [2.24, 2.45) is 14.1 Å². The normalized spacial score (nSPS) is 11.7. The van der Waals surface area contributed by atoms with E-state index in [-0.39, 0.29) is 11.0 Å².